The van der Waals surface area contributed by atoms with E-state index in [0.29, 0.717) is 10.6 Å². The van der Waals surface area contributed by atoms with Crippen molar-refractivity contribution >= 4 is 23.4 Å². The molecule has 1 N–H and O–H groups in total. The van der Waals surface area contributed by atoms with Crippen molar-refractivity contribution in [2.24, 2.45) is 5.41 Å². The van der Waals surface area contributed by atoms with Gasteiger partial charge in [0.25, 0.3) is 5.91 Å². The Bertz CT molecular complexity index is 877. The maximum absolute atomic E-state index is 13.4. The Morgan fingerprint density at radius 1 is 1.10 bits per heavy atom. The topological polar surface area (TPSA) is 60.9 Å². The van der Waals surface area contributed by atoms with Crippen molar-refractivity contribution in [3.8, 4) is 0 Å². The summed E-state index contributed by atoms with van der Waals surface area (Å²) in [5.74, 6) is -0.515. The lowest BCUT2D eigenvalue weighted by Gasteiger charge is -2.39. The molecule has 0 radical (unpaired) electrons. The van der Waals surface area contributed by atoms with Gasteiger partial charge in [-0.15, -0.1) is 0 Å². The summed E-state index contributed by atoms with van der Waals surface area (Å²) in [5, 5.41) is 11.6. The van der Waals surface area contributed by atoms with Crippen molar-refractivity contribution in [1.82, 2.24) is 9.80 Å². The van der Waals surface area contributed by atoms with Crippen LogP contribution < -0.4 is 0 Å². The highest BCUT2D eigenvalue weighted by Crippen LogP contribution is 2.36. The number of likely N-dealkylation sites (N-methyl/N-ethyl adjacent to an activating group) is 1. The Morgan fingerprint density at radius 3 is 2.24 bits per heavy atom. The van der Waals surface area contributed by atoms with E-state index >= 15 is 0 Å². The summed E-state index contributed by atoms with van der Waals surface area (Å²) in [6.45, 7) is 5.96. The molecule has 2 aromatic rings. The molecule has 1 aliphatic rings. The van der Waals surface area contributed by atoms with Gasteiger partial charge in [-0.2, -0.15) is 0 Å². The second-order valence-electron chi connectivity index (χ2n) is 8.61. The summed E-state index contributed by atoms with van der Waals surface area (Å²) >= 11 is 5.94. The highest BCUT2D eigenvalue weighted by Gasteiger charge is 2.53. The van der Waals surface area contributed by atoms with Gasteiger partial charge in [0.05, 0.1) is 6.10 Å². The van der Waals surface area contributed by atoms with Crippen LogP contribution in [0.25, 0.3) is 0 Å². The molecule has 1 fully saturated rings. The minimum absolute atomic E-state index is 0.247. The van der Waals surface area contributed by atoms with Crippen LogP contribution in [0, 0.1) is 5.41 Å². The molecule has 29 heavy (non-hydrogen) atoms. The number of benzene rings is 2. The van der Waals surface area contributed by atoms with Crippen molar-refractivity contribution in [3.05, 3.63) is 70.7 Å². The Labute approximate surface area is 176 Å². The summed E-state index contributed by atoms with van der Waals surface area (Å²) in [6, 6.07) is 15.1. The predicted molar refractivity (Wildman–Crippen MR) is 114 cm³/mol. The van der Waals surface area contributed by atoms with Crippen molar-refractivity contribution in [3.63, 3.8) is 0 Å². The number of carbonyl (C=O) groups excluding carboxylic acids is 2. The number of aliphatic hydroxyl groups is 1. The van der Waals surface area contributed by atoms with Gasteiger partial charge in [-0.1, -0.05) is 62.7 Å². The summed E-state index contributed by atoms with van der Waals surface area (Å²) < 4.78 is 0. The first-order valence-electron chi connectivity index (χ1n) is 9.68. The smallest absolute Gasteiger partial charge is 0.256 e. The molecule has 1 aliphatic heterocycles. The van der Waals surface area contributed by atoms with Gasteiger partial charge >= 0.3 is 0 Å². The number of amides is 2. The van der Waals surface area contributed by atoms with E-state index in [2.05, 4.69) is 0 Å². The Balaban J connectivity index is 1.98. The van der Waals surface area contributed by atoms with Crippen LogP contribution in [0.15, 0.2) is 54.6 Å². The zero-order valence-electron chi connectivity index (χ0n) is 17.2. The van der Waals surface area contributed by atoms with Crippen LogP contribution in [0.3, 0.4) is 0 Å². The molecule has 154 valence electrons. The molecule has 3 atom stereocenters. The molecular formula is C23H27ClN2O3. The SMILES string of the molecule is CN1C(=O)[C@H]([C@H](O)Cc2ccc(Cl)cc2)N(C(=O)c2ccccc2)[C@H]1C(C)(C)C. The van der Waals surface area contributed by atoms with E-state index < -0.39 is 18.3 Å². The normalized spacial score (nSPS) is 20.8. The second-order valence-corrected chi connectivity index (χ2v) is 9.05. The number of nitrogens with zero attached hydrogens (tertiary/aromatic N) is 2. The van der Waals surface area contributed by atoms with Gasteiger partial charge in [-0.25, -0.2) is 0 Å². The minimum atomic E-state index is -1.04. The monoisotopic (exact) mass is 414 g/mol. The van der Waals surface area contributed by atoms with Gasteiger partial charge in [0.2, 0.25) is 5.91 Å². The molecule has 0 aliphatic carbocycles. The third-order valence-electron chi connectivity index (χ3n) is 5.28. The summed E-state index contributed by atoms with van der Waals surface area (Å²) in [6.07, 6.45) is -1.25. The summed E-state index contributed by atoms with van der Waals surface area (Å²) in [7, 11) is 1.69. The Kier molecular flexibility index (Phi) is 6.01. The number of aliphatic hydroxyl groups excluding tert-OH is 1. The maximum atomic E-state index is 13.4. The van der Waals surface area contributed by atoms with Crippen LogP contribution in [-0.4, -0.2) is 52.1 Å². The number of carbonyl (C=O) groups is 2. The molecular weight excluding hydrogens is 388 g/mol. The van der Waals surface area contributed by atoms with Crippen molar-refractivity contribution in [1.29, 1.82) is 0 Å². The average Bonchev–Trinajstić information content (AvgIpc) is 2.95. The molecule has 0 unspecified atom stereocenters. The molecule has 1 heterocycles. The summed E-state index contributed by atoms with van der Waals surface area (Å²) in [4.78, 5) is 29.7. The predicted octanol–water partition coefficient (Wildman–Crippen LogP) is 3.60. The molecule has 0 aromatic heterocycles. The average molecular weight is 415 g/mol. The van der Waals surface area contributed by atoms with Gasteiger partial charge in [-0.3, -0.25) is 9.59 Å². The largest absolute Gasteiger partial charge is 0.390 e. The fourth-order valence-corrected chi connectivity index (χ4v) is 4.20. The Hall–Kier alpha value is -2.37. The Morgan fingerprint density at radius 2 is 1.69 bits per heavy atom. The zero-order valence-corrected chi connectivity index (χ0v) is 17.9. The molecule has 6 heteroatoms. The van der Waals surface area contributed by atoms with E-state index in [1.165, 1.54) is 0 Å². The van der Waals surface area contributed by atoms with Crippen LogP contribution in [-0.2, 0) is 11.2 Å². The van der Waals surface area contributed by atoms with Crippen LogP contribution >= 0.6 is 11.6 Å². The van der Waals surface area contributed by atoms with E-state index in [9.17, 15) is 14.7 Å². The van der Waals surface area contributed by atoms with E-state index in [0.717, 1.165) is 5.56 Å². The lowest BCUT2D eigenvalue weighted by molar-refractivity contribution is -0.131. The lowest BCUT2D eigenvalue weighted by Crippen LogP contribution is -2.53. The maximum Gasteiger partial charge on any atom is 0.256 e. The van der Waals surface area contributed by atoms with Crippen LogP contribution in [0.5, 0.6) is 0 Å². The van der Waals surface area contributed by atoms with Gasteiger partial charge in [0, 0.05) is 29.5 Å². The standard InChI is InChI=1S/C23H27ClN2O3/c1-23(2,3)22-25(4)21(29)19(18(27)14-15-10-12-17(24)13-11-15)26(22)20(28)16-8-6-5-7-9-16/h5-13,18-19,22,27H,14H2,1-4H3/t18-,19+,22+/m1/s1. The first kappa shape index (κ1) is 21.3. The fourth-order valence-electron chi connectivity index (χ4n) is 4.08. The van der Waals surface area contributed by atoms with E-state index in [1.54, 1.807) is 53.2 Å². The highest BCUT2D eigenvalue weighted by atomic mass is 35.5. The number of halogens is 1. The van der Waals surface area contributed by atoms with E-state index in [-0.39, 0.29) is 23.7 Å². The van der Waals surface area contributed by atoms with E-state index in [1.807, 2.05) is 39.0 Å². The molecule has 1 saturated heterocycles. The number of hydrogen-bond acceptors (Lipinski definition) is 3. The molecule has 0 saturated carbocycles. The second kappa shape index (κ2) is 8.17. The van der Waals surface area contributed by atoms with Gasteiger partial charge in [0.15, 0.2) is 0 Å². The quantitative estimate of drug-likeness (QED) is 0.831. The first-order valence-corrected chi connectivity index (χ1v) is 10.1. The number of rotatable bonds is 4. The molecule has 3 rings (SSSR count). The highest BCUT2D eigenvalue weighted by molar-refractivity contribution is 6.30. The molecule has 0 spiro atoms. The molecule has 2 amide bonds. The molecule has 0 bridgehead atoms. The van der Waals surface area contributed by atoms with Crippen LogP contribution in [0.4, 0.5) is 0 Å². The lowest BCUT2D eigenvalue weighted by atomic mass is 9.90. The van der Waals surface area contributed by atoms with Crippen molar-refractivity contribution in [2.75, 3.05) is 7.05 Å². The third kappa shape index (κ3) is 4.31. The van der Waals surface area contributed by atoms with E-state index in [4.69, 9.17) is 11.6 Å². The van der Waals surface area contributed by atoms with Crippen molar-refractivity contribution in [2.45, 2.75) is 45.5 Å². The summed E-state index contributed by atoms with van der Waals surface area (Å²) in [5.41, 5.74) is 0.959. The minimum Gasteiger partial charge on any atom is -0.390 e. The van der Waals surface area contributed by atoms with Gasteiger partial charge < -0.3 is 14.9 Å². The fraction of sp³-hybridized carbons (Fsp3) is 0.391. The molecule has 2 aromatic carbocycles. The third-order valence-corrected chi connectivity index (χ3v) is 5.54. The van der Waals surface area contributed by atoms with Crippen molar-refractivity contribution < 1.29 is 14.7 Å². The zero-order chi connectivity index (χ0) is 21.3. The van der Waals surface area contributed by atoms with Gasteiger partial charge in [-0.05, 0) is 29.8 Å². The first-order chi connectivity index (χ1) is 13.6. The number of hydrogen-bond donors (Lipinski definition) is 1. The van der Waals surface area contributed by atoms with Gasteiger partial charge in [0.1, 0.15) is 12.2 Å². The molecule has 5 nitrogen and oxygen atoms in total. The van der Waals surface area contributed by atoms with Crippen LogP contribution in [0.2, 0.25) is 5.02 Å². The van der Waals surface area contributed by atoms with Crippen LogP contribution in [0.1, 0.15) is 36.7 Å².